The van der Waals surface area contributed by atoms with Crippen molar-refractivity contribution in [1.29, 1.82) is 0 Å². The summed E-state index contributed by atoms with van der Waals surface area (Å²) in [5.41, 5.74) is 6.33. The van der Waals surface area contributed by atoms with E-state index in [0.29, 0.717) is 23.5 Å². The molecular formula is C16H22N2O4. The Morgan fingerprint density at radius 1 is 1.32 bits per heavy atom. The third-order valence-corrected chi connectivity index (χ3v) is 3.88. The minimum atomic E-state index is -0.587. The molecule has 1 aromatic rings. The van der Waals surface area contributed by atoms with E-state index in [1.165, 1.54) is 4.90 Å². The molecule has 0 fully saturated rings. The van der Waals surface area contributed by atoms with Crippen molar-refractivity contribution in [3.8, 4) is 11.5 Å². The van der Waals surface area contributed by atoms with Gasteiger partial charge in [0.2, 0.25) is 12.7 Å². The normalized spacial score (nSPS) is 15.3. The topological polar surface area (TPSA) is 81.9 Å². The molecule has 120 valence electrons. The number of nitrogens with two attached hydrogens (primary N) is 1. The smallest absolute Gasteiger partial charge is 0.239 e. The number of rotatable bonds is 6. The molecule has 1 aromatic carbocycles. The maximum absolute atomic E-state index is 12.5. The van der Waals surface area contributed by atoms with Crippen LogP contribution in [0.5, 0.6) is 11.5 Å². The van der Waals surface area contributed by atoms with Crippen LogP contribution in [-0.4, -0.2) is 42.5 Å². The number of ether oxygens (including phenoxy) is 2. The average molecular weight is 306 g/mol. The Balaban J connectivity index is 2.09. The highest BCUT2D eigenvalue weighted by molar-refractivity contribution is 6.02. The number of nitrogens with zero attached hydrogens (tertiary/aromatic N) is 1. The van der Waals surface area contributed by atoms with Crippen LogP contribution in [0.25, 0.3) is 0 Å². The zero-order valence-electron chi connectivity index (χ0n) is 13.2. The minimum Gasteiger partial charge on any atom is -0.454 e. The Morgan fingerprint density at radius 3 is 2.68 bits per heavy atom. The number of carbonyl (C=O) groups is 2. The molecule has 0 aliphatic carbocycles. The Labute approximate surface area is 130 Å². The first-order valence-electron chi connectivity index (χ1n) is 7.41. The molecule has 0 bridgehead atoms. The summed E-state index contributed by atoms with van der Waals surface area (Å²) >= 11 is 0. The summed E-state index contributed by atoms with van der Waals surface area (Å²) in [5, 5.41) is 0. The Hall–Kier alpha value is -2.08. The van der Waals surface area contributed by atoms with Gasteiger partial charge in [-0.05, 0) is 31.5 Å². The van der Waals surface area contributed by atoms with Crippen LogP contribution in [0.2, 0.25) is 0 Å². The van der Waals surface area contributed by atoms with E-state index in [1.54, 1.807) is 32.2 Å². The fourth-order valence-corrected chi connectivity index (χ4v) is 2.35. The summed E-state index contributed by atoms with van der Waals surface area (Å²) in [5.74, 6) is 0.801. The molecule has 2 N–H and O–H groups in total. The van der Waals surface area contributed by atoms with Gasteiger partial charge in [-0.2, -0.15) is 0 Å². The van der Waals surface area contributed by atoms with Gasteiger partial charge in [0.15, 0.2) is 17.3 Å². The number of benzene rings is 1. The lowest BCUT2D eigenvalue weighted by Gasteiger charge is -2.26. The van der Waals surface area contributed by atoms with Crippen molar-refractivity contribution < 1.29 is 19.1 Å². The second-order valence-electron chi connectivity index (χ2n) is 5.45. The van der Waals surface area contributed by atoms with Crippen LogP contribution in [0.3, 0.4) is 0 Å². The van der Waals surface area contributed by atoms with Crippen molar-refractivity contribution in [3.63, 3.8) is 0 Å². The second kappa shape index (κ2) is 6.79. The highest BCUT2D eigenvalue weighted by Crippen LogP contribution is 2.32. The molecule has 1 heterocycles. The summed E-state index contributed by atoms with van der Waals surface area (Å²) in [6.07, 6.45) is 1.43. The second-order valence-corrected chi connectivity index (χ2v) is 5.45. The molecule has 2 unspecified atom stereocenters. The first kappa shape index (κ1) is 16.3. The number of likely N-dealkylation sites (N-methyl/N-ethyl adjacent to an activating group) is 1. The zero-order chi connectivity index (χ0) is 16.3. The summed E-state index contributed by atoms with van der Waals surface area (Å²) in [4.78, 5) is 26.2. The maximum atomic E-state index is 12.5. The highest BCUT2D eigenvalue weighted by Gasteiger charge is 2.27. The van der Waals surface area contributed by atoms with Gasteiger partial charge in [0.25, 0.3) is 0 Å². The van der Waals surface area contributed by atoms with Gasteiger partial charge >= 0.3 is 0 Å². The lowest BCUT2D eigenvalue weighted by Crippen LogP contribution is -2.48. The number of hydrogen-bond acceptors (Lipinski definition) is 5. The van der Waals surface area contributed by atoms with Gasteiger partial charge in [0.05, 0.1) is 12.1 Å². The van der Waals surface area contributed by atoms with Crippen molar-refractivity contribution >= 4 is 11.7 Å². The summed E-state index contributed by atoms with van der Waals surface area (Å²) in [7, 11) is 1.60. The van der Waals surface area contributed by atoms with Gasteiger partial charge in [-0.15, -0.1) is 0 Å². The lowest BCUT2D eigenvalue weighted by atomic mass is 10.0. The lowest BCUT2D eigenvalue weighted by molar-refractivity contribution is -0.132. The van der Waals surface area contributed by atoms with E-state index in [-0.39, 0.29) is 18.5 Å². The predicted molar refractivity (Wildman–Crippen MR) is 82.0 cm³/mol. The van der Waals surface area contributed by atoms with E-state index in [9.17, 15) is 9.59 Å². The Kier molecular flexibility index (Phi) is 5.03. The van der Waals surface area contributed by atoms with Crippen LogP contribution in [-0.2, 0) is 4.79 Å². The third kappa shape index (κ3) is 3.22. The Bertz CT molecular complexity index is 573. The SMILES string of the molecule is CCCC(N)C(=O)N(C)C(C)C(=O)c1ccc2c(c1)OCO2. The molecule has 2 atom stereocenters. The quantitative estimate of drug-likeness (QED) is 0.807. The van der Waals surface area contributed by atoms with Crippen LogP contribution in [0.4, 0.5) is 0 Å². The van der Waals surface area contributed by atoms with Crippen molar-refractivity contribution in [2.24, 2.45) is 5.73 Å². The van der Waals surface area contributed by atoms with E-state index in [4.69, 9.17) is 15.2 Å². The molecule has 6 heteroatoms. The largest absolute Gasteiger partial charge is 0.454 e. The molecule has 22 heavy (non-hydrogen) atoms. The van der Waals surface area contributed by atoms with Crippen LogP contribution < -0.4 is 15.2 Å². The minimum absolute atomic E-state index is 0.155. The van der Waals surface area contributed by atoms with Gasteiger partial charge in [-0.25, -0.2) is 0 Å². The van der Waals surface area contributed by atoms with Gasteiger partial charge in [0, 0.05) is 12.6 Å². The molecule has 6 nitrogen and oxygen atoms in total. The van der Waals surface area contributed by atoms with Crippen LogP contribution in [0.15, 0.2) is 18.2 Å². The molecule has 0 saturated carbocycles. The molecule has 2 rings (SSSR count). The van der Waals surface area contributed by atoms with Gasteiger partial charge in [-0.3, -0.25) is 9.59 Å². The zero-order valence-corrected chi connectivity index (χ0v) is 13.2. The van der Waals surface area contributed by atoms with Crippen LogP contribution in [0, 0.1) is 0 Å². The summed E-state index contributed by atoms with van der Waals surface area (Å²) < 4.78 is 10.5. The first-order chi connectivity index (χ1) is 10.5. The third-order valence-electron chi connectivity index (χ3n) is 3.88. The molecule has 0 aromatic heterocycles. The van der Waals surface area contributed by atoms with E-state index in [0.717, 1.165) is 6.42 Å². The molecular weight excluding hydrogens is 284 g/mol. The fourth-order valence-electron chi connectivity index (χ4n) is 2.35. The number of hydrogen-bond donors (Lipinski definition) is 1. The molecule has 0 spiro atoms. The van der Waals surface area contributed by atoms with Crippen molar-refractivity contribution in [2.45, 2.75) is 38.8 Å². The highest BCUT2D eigenvalue weighted by atomic mass is 16.7. The number of fused-ring (bicyclic) bond motifs is 1. The van der Waals surface area contributed by atoms with E-state index in [2.05, 4.69) is 0 Å². The molecule has 0 saturated heterocycles. The monoisotopic (exact) mass is 306 g/mol. The Morgan fingerprint density at radius 2 is 2.00 bits per heavy atom. The van der Waals surface area contributed by atoms with Crippen LogP contribution >= 0.6 is 0 Å². The molecule has 1 aliphatic rings. The first-order valence-corrected chi connectivity index (χ1v) is 7.41. The number of Topliss-reactive ketones (excluding diaryl/α,β-unsaturated/α-hetero) is 1. The predicted octanol–water partition coefficient (Wildman–Crippen LogP) is 1.57. The van der Waals surface area contributed by atoms with Gasteiger partial charge in [0.1, 0.15) is 0 Å². The maximum Gasteiger partial charge on any atom is 0.239 e. The summed E-state index contributed by atoms with van der Waals surface area (Å²) in [6.45, 7) is 3.82. The molecule has 1 aliphatic heterocycles. The molecule has 1 amide bonds. The fraction of sp³-hybridized carbons (Fsp3) is 0.500. The van der Waals surface area contributed by atoms with Crippen molar-refractivity contribution in [1.82, 2.24) is 4.90 Å². The number of amides is 1. The van der Waals surface area contributed by atoms with E-state index < -0.39 is 12.1 Å². The number of carbonyl (C=O) groups excluding carboxylic acids is 2. The van der Waals surface area contributed by atoms with E-state index in [1.807, 2.05) is 6.92 Å². The average Bonchev–Trinajstić information content (AvgIpc) is 2.99. The van der Waals surface area contributed by atoms with Crippen LogP contribution in [0.1, 0.15) is 37.0 Å². The van der Waals surface area contributed by atoms with Gasteiger partial charge in [-0.1, -0.05) is 13.3 Å². The standard InChI is InChI=1S/C16H22N2O4/c1-4-5-12(17)16(20)18(3)10(2)15(19)11-6-7-13-14(8-11)22-9-21-13/h6-8,10,12H,4-5,9,17H2,1-3H3. The number of ketones is 1. The van der Waals surface area contributed by atoms with Crippen molar-refractivity contribution in [2.75, 3.05) is 13.8 Å². The van der Waals surface area contributed by atoms with Crippen molar-refractivity contribution in [3.05, 3.63) is 23.8 Å². The van der Waals surface area contributed by atoms with Gasteiger partial charge < -0.3 is 20.1 Å². The molecule has 0 radical (unpaired) electrons. The van der Waals surface area contributed by atoms with E-state index >= 15 is 0 Å². The summed E-state index contributed by atoms with van der Waals surface area (Å²) in [6, 6.07) is 3.87.